The first-order chi connectivity index (χ1) is 11.2. The summed E-state index contributed by atoms with van der Waals surface area (Å²) in [7, 11) is 0. The molecular weight excluding hydrogens is 315 g/mol. The van der Waals surface area contributed by atoms with Crippen LogP contribution in [0.15, 0.2) is 47.8 Å². The summed E-state index contributed by atoms with van der Waals surface area (Å²) >= 11 is 1.30. The molecule has 2 N–H and O–H groups in total. The van der Waals surface area contributed by atoms with Crippen LogP contribution in [0, 0.1) is 5.82 Å². The number of nitrogens with zero attached hydrogens (tertiary/aromatic N) is 1. The maximum absolute atomic E-state index is 14.3. The molecule has 116 valence electrons. The lowest BCUT2D eigenvalue weighted by molar-refractivity contribution is 0.112. The van der Waals surface area contributed by atoms with E-state index in [2.05, 4.69) is 10.3 Å². The highest BCUT2D eigenvalue weighted by molar-refractivity contribution is 7.13. The zero-order valence-corrected chi connectivity index (χ0v) is 12.8. The molecule has 0 fully saturated rings. The molecule has 3 rings (SSSR count). The number of anilines is 2. The normalized spacial score (nSPS) is 10.5. The van der Waals surface area contributed by atoms with E-state index in [1.807, 2.05) is 0 Å². The minimum Gasteiger partial charge on any atom is -0.390 e. The summed E-state index contributed by atoms with van der Waals surface area (Å²) in [6.45, 7) is -0.142. The van der Waals surface area contributed by atoms with E-state index in [0.29, 0.717) is 22.1 Å². The number of hydrogen-bond donors (Lipinski definition) is 2. The minimum atomic E-state index is -0.400. The van der Waals surface area contributed by atoms with E-state index in [0.717, 1.165) is 17.4 Å². The van der Waals surface area contributed by atoms with E-state index < -0.39 is 5.82 Å². The van der Waals surface area contributed by atoms with Gasteiger partial charge in [-0.05, 0) is 23.3 Å². The second-order valence-corrected chi connectivity index (χ2v) is 5.72. The van der Waals surface area contributed by atoms with Crippen LogP contribution in [0.4, 0.5) is 15.2 Å². The lowest BCUT2D eigenvalue weighted by atomic mass is 10.0. The van der Waals surface area contributed by atoms with Crippen molar-refractivity contribution in [1.82, 2.24) is 4.98 Å². The highest BCUT2D eigenvalue weighted by Gasteiger charge is 2.08. The standard InChI is InChI=1S/C17H13FN2O2S/c18-15-7-13(12-3-1-11(8-21)2-4-12)5-6-16(15)20-17-19-14(9-22)10-23-17/h1-8,10,22H,9H2,(H,19,20). The van der Waals surface area contributed by atoms with Gasteiger partial charge < -0.3 is 10.4 Å². The number of aldehydes is 1. The Morgan fingerprint density at radius 1 is 1.17 bits per heavy atom. The van der Waals surface area contributed by atoms with Gasteiger partial charge in [-0.3, -0.25) is 4.79 Å². The Hall–Kier alpha value is -2.57. The maximum Gasteiger partial charge on any atom is 0.187 e. The zero-order chi connectivity index (χ0) is 16.2. The first-order valence-corrected chi connectivity index (χ1v) is 7.75. The van der Waals surface area contributed by atoms with Gasteiger partial charge in [0, 0.05) is 10.9 Å². The monoisotopic (exact) mass is 328 g/mol. The van der Waals surface area contributed by atoms with E-state index in [1.54, 1.807) is 41.8 Å². The number of thiazole rings is 1. The lowest BCUT2D eigenvalue weighted by Gasteiger charge is -2.07. The fourth-order valence-electron chi connectivity index (χ4n) is 2.10. The molecule has 4 nitrogen and oxygen atoms in total. The van der Waals surface area contributed by atoms with Crippen LogP contribution in [0.25, 0.3) is 11.1 Å². The molecule has 0 saturated carbocycles. The number of aliphatic hydroxyl groups is 1. The van der Waals surface area contributed by atoms with Crippen LogP contribution in [0.2, 0.25) is 0 Å². The van der Waals surface area contributed by atoms with E-state index >= 15 is 0 Å². The van der Waals surface area contributed by atoms with Gasteiger partial charge in [-0.1, -0.05) is 30.3 Å². The van der Waals surface area contributed by atoms with Crippen molar-refractivity contribution in [1.29, 1.82) is 0 Å². The van der Waals surface area contributed by atoms with Crippen LogP contribution in [0.3, 0.4) is 0 Å². The van der Waals surface area contributed by atoms with Crippen molar-refractivity contribution < 1.29 is 14.3 Å². The number of aliphatic hydroxyl groups excluding tert-OH is 1. The molecule has 0 saturated heterocycles. The van der Waals surface area contributed by atoms with Crippen molar-refractivity contribution in [3.05, 3.63) is 64.9 Å². The highest BCUT2D eigenvalue weighted by Crippen LogP contribution is 2.27. The van der Waals surface area contributed by atoms with Gasteiger partial charge in [0.05, 0.1) is 18.0 Å². The molecule has 0 atom stereocenters. The Morgan fingerprint density at radius 3 is 2.52 bits per heavy atom. The van der Waals surface area contributed by atoms with Crippen molar-refractivity contribution in [2.45, 2.75) is 6.61 Å². The average Bonchev–Trinajstić information content (AvgIpc) is 3.04. The van der Waals surface area contributed by atoms with Gasteiger partial charge in [0.2, 0.25) is 0 Å². The van der Waals surface area contributed by atoms with Gasteiger partial charge in [0.25, 0.3) is 0 Å². The van der Waals surface area contributed by atoms with Crippen LogP contribution in [0.5, 0.6) is 0 Å². The molecule has 0 amide bonds. The van der Waals surface area contributed by atoms with Crippen molar-refractivity contribution in [2.24, 2.45) is 0 Å². The number of halogens is 1. The van der Waals surface area contributed by atoms with Crippen molar-refractivity contribution >= 4 is 28.4 Å². The van der Waals surface area contributed by atoms with E-state index in [9.17, 15) is 9.18 Å². The SMILES string of the molecule is O=Cc1ccc(-c2ccc(Nc3nc(CO)cs3)c(F)c2)cc1. The molecule has 0 unspecified atom stereocenters. The number of rotatable bonds is 5. The number of carbonyl (C=O) groups excluding carboxylic acids is 1. The van der Waals surface area contributed by atoms with Gasteiger partial charge in [0.1, 0.15) is 12.1 Å². The predicted molar refractivity (Wildman–Crippen MR) is 88.5 cm³/mol. The number of aromatic nitrogens is 1. The topological polar surface area (TPSA) is 62.2 Å². The van der Waals surface area contributed by atoms with Crippen LogP contribution in [-0.4, -0.2) is 16.4 Å². The third-order valence-corrected chi connectivity index (χ3v) is 4.11. The lowest BCUT2D eigenvalue weighted by Crippen LogP contribution is -1.94. The minimum absolute atomic E-state index is 0.142. The van der Waals surface area contributed by atoms with Crippen LogP contribution < -0.4 is 5.32 Å². The van der Waals surface area contributed by atoms with Crippen molar-refractivity contribution in [3.63, 3.8) is 0 Å². The number of carbonyl (C=O) groups is 1. The molecule has 0 aliphatic heterocycles. The summed E-state index contributed by atoms with van der Waals surface area (Å²) in [6, 6.07) is 11.8. The summed E-state index contributed by atoms with van der Waals surface area (Å²) in [5.74, 6) is -0.400. The fraction of sp³-hybridized carbons (Fsp3) is 0.0588. The first kappa shape index (κ1) is 15.3. The molecule has 6 heteroatoms. The summed E-state index contributed by atoms with van der Waals surface area (Å²) in [6.07, 6.45) is 0.770. The second kappa shape index (κ2) is 6.68. The van der Waals surface area contributed by atoms with E-state index in [4.69, 9.17) is 5.11 Å². The van der Waals surface area contributed by atoms with Crippen LogP contribution in [0.1, 0.15) is 16.1 Å². The number of nitrogens with one attached hydrogen (secondary N) is 1. The highest BCUT2D eigenvalue weighted by atomic mass is 32.1. The van der Waals surface area contributed by atoms with Crippen molar-refractivity contribution in [3.8, 4) is 11.1 Å². The molecule has 0 aliphatic rings. The molecule has 3 aromatic rings. The molecule has 1 heterocycles. The second-order valence-electron chi connectivity index (χ2n) is 4.86. The smallest absolute Gasteiger partial charge is 0.187 e. The number of hydrogen-bond acceptors (Lipinski definition) is 5. The fourth-order valence-corrected chi connectivity index (χ4v) is 2.82. The Bertz CT molecular complexity index is 831. The molecule has 0 aliphatic carbocycles. The number of benzene rings is 2. The largest absolute Gasteiger partial charge is 0.390 e. The van der Waals surface area contributed by atoms with E-state index in [-0.39, 0.29) is 6.61 Å². The summed E-state index contributed by atoms with van der Waals surface area (Å²) in [4.78, 5) is 14.8. The Labute approximate surface area is 136 Å². The quantitative estimate of drug-likeness (QED) is 0.695. The third kappa shape index (κ3) is 3.44. The Morgan fingerprint density at radius 2 is 1.91 bits per heavy atom. The summed E-state index contributed by atoms with van der Waals surface area (Å²) < 4.78 is 14.3. The van der Waals surface area contributed by atoms with E-state index in [1.165, 1.54) is 17.4 Å². The van der Waals surface area contributed by atoms with Gasteiger partial charge in [0.15, 0.2) is 5.13 Å². The van der Waals surface area contributed by atoms with Gasteiger partial charge in [-0.25, -0.2) is 9.37 Å². The summed E-state index contributed by atoms with van der Waals surface area (Å²) in [5, 5.41) is 14.1. The molecule has 0 bridgehead atoms. The molecule has 23 heavy (non-hydrogen) atoms. The molecular formula is C17H13FN2O2S. The Balaban J connectivity index is 1.83. The Kier molecular flexibility index (Phi) is 4.45. The van der Waals surface area contributed by atoms with Gasteiger partial charge in [-0.15, -0.1) is 11.3 Å². The molecule has 2 aromatic carbocycles. The third-order valence-electron chi connectivity index (χ3n) is 3.30. The maximum atomic E-state index is 14.3. The van der Waals surface area contributed by atoms with Crippen LogP contribution >= 0.6 is 11.3 Å². The van der Waals surface area contributed by atoms with Gasteiger partial charge in [-0.2, -0.15) is 0 Å². The predicted octanol–water partition coefficient (Wildman–Crippen LogP) is 4.00. The van der Waals surface area contributed by atoms with Crippen molar-refractivity contribution in [2.75, 3.05) is 5.32 Å². The van der Waals surface area contributed by atoms with Gasteiger partial charge >= 0.3 is 0 Å². The molecule has 0 spiro atoms. The molecule has 0 radical (unpaired) electrons. The molecule has 1 aromatic heterocycles. The summed E-state index contributed by atoms with van der Waals surface area (Å²) in [5.41, 5.74) is 3.00. The first-order valence-electron chi connectivity index (χ1n) is 6.87. The zero-order valence-electron chi connectivity index (χ0n) is 12.0. The average molecular weight is 328 g/mol. The van der Waals surface area contributed by atoms with Crippen LogP contribution in [-0.2, 0) is 6.61 Å².